The lowest BCUT2D eigenvalue weighted by atomic mass is 9.80. The number of hydrogen-bond acceptors (Lipinski definition) is 2. The van der Waals surface area contributed by atoms with E-state index in [1.165, 1.54) is 25.2 Å². The molecule has 1 atom stereocenters. The molecule has 0 fully saturated rings. The minimum atomic E-state index is -1.08. The van der Waals surface area contributed by atoms with E-state index < -0.39 is 17.4 Å². The maximum Gasteiger partial charge on any atom is 0.331 e. The second-order valence-electron chi connectivity index (χ2n) is 3.26. The van der Waals surface area contributed by atoms with Crippen molar-refractivity contribution < 1.29 is 19.8 Å². The summed E-state index contributed by atoms with van der Waals surface area (Å²) in [5.41, 5.74) is -0.949. The van der Waals surface area contributed by atoms with Gasteiger partial charge in [-0.25, -0.2) is 4.79 Å². The first kappa shape index (κ1) is 12.7. The predicted molar refractivity (Wildman–Crippen MR) is 52.5 cm³/mol. The van der Waals surface area contributed by atoms with Crippen LogP contribution >= 0.6 is 12.4 Å². The van der Waals surface area contributed by atoms with Gasteiger partial charge in [-0.2, -0.15) is 0 Å². The van der Waals surface area contributed by atoms with Crippen LogP contribution in [-0.2, 0) is 9.59 Å². The number of aliphatic carboxylic acids is 2. The molecule has 0 aromatic heterocycles. The van der Waals surface area contributed by atoms with Gasteiger partial charge in [-0.05, 0) is 13.3 Å². The number of allylic oxidation sites excluding steroid dienone is 2. The fraction of sp³-hybridized carbons (Fsp3) is 0.333. The molecule has 0 saturated heterocycles. The van der Waals surface area contributed by atoms with Crippen molar-refractivity contribution in [3.8, 4) is 0 Å². The smallest absolute Gasteiger partial charge is 0.331 e. The van der Waals surface area contributed by atoms with Gasteiger partial charge in [0.25, 0.3) is 0 Å². The third kappa shape index (κ3) is 2.35. The number of carbonyl (C=O) groups is 2. The molecule has 1 aliphatic carbocycles. The Morgan fingerprint density at radius 1 is 1.43 bits per heavy atom. The topological polar surface area (TPSA) is 74.6 Å². The molecule has 0 radical (unpaired) electrons. The Morgan fingerprint density at radius 3 is 2.43 bits per heavy atom. The Bertz CT molecular complexity index is 319. The van der Waals surface area contributed by atoms with Gasteiger partial charge in [-0.1, -0.05) is 18.2 Å². The summed E-state index contributed by atoms with van der Waals surface area (Å²) in [6, 6.07) is 0. The van der Waals surface area contributed by atoms with Crippen LogP contribution in [0.4, 0.5) is 0 Å². The average molecular weight is 219 g/mol. The number of carboxylic acid groups (broad SMARTS) is 2. The van der Waals surface area contributed by atoms with Gasteiger partial charge in [0, 0.05) is 5.57 Å². The molecule has 1 rings (SSSR count). The summed E-state index contributed by atoms with van der Waals surface area (Å²) in [7, 11) is 0. The molecule has 0 heterocycles. The van der Waals surface area contributed by atoms with E-state index in [1.54, 1.807) is 0 Å². The highest BCUT2D eigenvalue weighted by Crippen LogP contribution is 2.31. The van der Waals surface area contributed by atoms with E-state index in [2.05, 4.69) is 0 Å². The molecule has 0 bridgehead atoms. The summed E-state index contributed by atoms with van der Waals surface area (Å²) in [5, 5.41) is 17.5. The SMILES string of the molecule is CC1(C(=O)O)C=CC=C(C(=O)O)C1.Cl. The summed E-state index contributed by atoms with van der Waals surface area (Å²) in [4.78, 5) is 21.3. The molecule has 0 aliphatic heterocycles. The Labute approximate surface area is 87.3 Å². The van der Waals surface area contributed by atoms with Crippen molar-refractivity contribution in [2.45, 2.75) is 13.3 Å². The first-order chi connectivity index (χ1) is 5.96. The zero-order valence-corrected chi connectivity index (χ0v) is 8.37. The normalized spacial score (nSPS) is 24.8. The number of hydrogen-bond donors (Lipinski definition) is 2. The monoisotopic (exact) mass is 218 g/mol. The highest BCUT2D eigenvalue weighted by molar-refractivity contribution is 5.90. The van der Waals surface area contributed by atoms with Crippen molar-refractivity contribution >= 4 is 24.3 Å². The second-order valence-corrected chi connectivity index (χ2v) is 3.26. The molecule has 78 valence electrons. The zero-order chi connectivity index (χ0) is 10.1. The Kier molecular flexibility index (Phi) is 3.89. The average Bonchev–Trinajstić information content (AvgIpc) is 2.04. The molecule has 5 heteroatoms. The largest absolute Gasteiger partial charge is 0.481 e. The van der Waals surface area contributed by atoms with Crippen molar-refractivity contribution in [2.75, 3.05) is 0 Å². The van der Waals surface area contributed by atoms with Gasteiger partial charge in [0.15, 0.2) is 0 Å². The highest BCUT2D eigenvalue weighted by atomic mass is 35.5. The van der Waals surface area contributed by atoms with Crippen LogP contribution in [0.2, 0.25) is 0 Å². The Balaban J connectivity index is 0.00000169. The van der Waals surface area contributed by atoms with Crippen LogP contribution in [0, 0.1) is 5.41 Å². The van der Waals surface area contributed by atoms with E-state index >= 15 is 0 Å². The maximum absolute atomic E-state index is 10.8. The fourth-order valence-corrected chi connectivity index (χ4v) is 1.18. The van der Waals surface area contributed by atoms with Crippen LogP contribution in [0.5, 0.6) is 0 Å². The molecule has 4 nitrogen and oxygen atoms in total. The summed E-state index contributed by atoms with van der Waals surface area (Å²) >= 11 is 0. The molecule has 1 aliphatic rings. The lowest BCUT2D eigenvalue weighted by Gasteiger charge is -2.23. The third-order valence-corrected chi connectivity index (χ3v) is 2.08. The van der Waals surface area contributed by atoms with Crippen LogP contribution < -0.4 is 0 Å². The Morgan fingerprint density at radius 2 is 2.00 bits per heavy atom. The van der Waals surface area contributed by atoms with Gasteiger partial charge >= 0.3 is 11.9 Å². The second kappa shape index (κ2) is 4.28. The summed E-state index contributed by atoms with van der Waals surface area (Å²) in [6.45, 7) is 1.50. The van der Waals surface area contributed by atoms with Crippen molar-refractivity contribution in [1.29, 1.82) is 0 Å². The zero-order valence-electron chi connectivity index (χ0n) is 7.56. The highest BCUT2D eigenvalue weighted by Gasteiger charge is 2.34. The molecule has 0 saturated carbocycles. The van der Waals surface area contributed by atoms with Crippen molar-refractivity contribution in [1.82, 2.24) is 0 Å². The molecule has 2 N–H and O–H groups in total. The van der Waals surface area contributed by atoms with Crippen LogP contribution in [0.25, 0.3) is 0 Å². The van der Waals surface area contributed by atoms with Crippen LogP contribution in [0.15, 0.2) is 23.8 Å². The molecular weight excluding hydrogens is 208 g/mol. The van der Waals surface area contributed by atoms with Crippen molar-refractivity contribution in [3.63, 3.8) is 0 Å². The van der Waals surface area contributed by atoms with E-state index in [-0.39, 0.29) is 24.4 Å². The van der Waals surface area contributed by atoms with Gasteiger partial charge in [-0.3, -0.25) is 4.79 Å². The molecule has 1 unspecified atom stereocenters. The first-order valence-electron chi connectivity index (χ1n) is 3.81. The number of rotatable bonds is 2. The summed E-state index contributed by atoms with van der Waals surface area (Å²) < 4.78 is 0. The number of carboxylic acids is 2. The van der Waals surface area contributed by atoms with E-state index in [0.717, 1.165) is 0 Å². The summed E-state index contributed by atoms with van der Waals surface area (Å²) in [5.74, 6) is -2.06. The summed E-state index contributed by atoms with van der Waals surface area (Å²) in [6.07, 6.45) is 4.43. The predicted octanol–water partition coefficient (Wildman–Crippen LogP) is 1.47. The van der Waals surface area contributed by atoms with Crippen LogP contribution in [0.3, 0.4) is 0 Å². The van der Waals surface area contributed by atoms with Crippen molar-refractivity contribution in [2.24, 2.45) is 5.41 Å². The molecule has 0 aromatic rings. The van der Waals surface area contributed by atoms with E-state index in [4.69, 9.17) is 10.2 Å². The molecular formula is C9H11ClO4. The van der Waals surface area contributed by atoms with Crippen LogP contribution in [0.1, 0.15) is 13.3 Å². The lowest BCUT2D eigenvalue weighted by Crippen LogP contribution is -2.28. The van der Waals surface area contributed by atoms with E-state index in [0.29, 0.717) is 0 Å². The lowest BCUT2D eigenvalue weighted by molar-refractivity contribution is -0.145. The minimum Gasteiger partial charge on any atom is -0.481 e. The molecule has 0 aromatic carbocycles. The maximum atomic E-state index is 10.8. The molecule has 0 amide bonds. The third-order valence-electron chi connectivity index (χ3n) is 2.08. The minimum absolute atomic E-state index is 0. The van der Waals surface area contributed by atoms with Gasteiger partial charge in [0.1, 0.15) is 0 Å². The van der Waals surface area contributed by atoms with E-state index in [1.807, 2.05) is 0 Å². The van der Waals surface area contributed by atoms with Gasteiger partial charge < -0.3 is 10.2 Å². The van der Waals surface area contributed by atoms with E-state index in [9.17, 15) is 9.59 Å². The Hall–Kier alpha value is -1.29. The van der Waals surface area contributed by atoms with Crippen molar-refractivity contribution in [3.05, 3.63) is 23.8 Å². The fourth-order valence-electron chi connectivity index (χ4n) is 1.18. The molecule has 0 spiro atoms. The van der Waals surface area contributed by atoms with Gasteiger partial charge in [0.2, 0.25) is 0 Å². The van der Waals surface area contributed by atoms with Gasteiger partial charge in [0.05, 0.1) is 5.41 Å². The van der Waals surface area contributed by atoms with Crippen LogP contribution in [-0.4, -0.2) is 22.2 Å². The molecule has 14 heavy (non-hydrogen) atoms. The number of halogens is 1. The first-order valence-corrected chi connectivity index (χ1v) is 3.81. The van der Waals surface area contributed by atoms with Gasteiger partial charge in [-0.15, -0.1) is 12.4 Å². The standard InChI is InChI=1S/C9H10O4.ClH/c1-9(8(12)13)4-2-3-6(5-9)7(10)11;/h2-4H,5H2,1H3,(H,10,11)(H,12,13);1H. The quantitative estimate of drug-likeness (QED) is 0.736.